The molecule has 3 rings (SSSR count). The maximum Gasteiger partial charge on any atom is 0.242 e. The van der Waals surface area contributed by atoms with Gasteiger partial charge in [-0.25, -0.2) is 0 Å². The van der Waals surface area contributed by atoms with E-state index in [9.17, 15) is 9.59 Å². The number of hydrogen-bond donors (Lipinski definition) is 0. The number of alkyl halides is 1. The zero-order chi connectivity index (χ0) is 20.3. The molecule has 2 unspecified atom stereocenters. The summed E-state index contributed by atoms with van der Waals surface area (Å²) in [6.45, 7) is 6.99. The molecule has 0 N–H and O–H groups in total. The standard InChI is InChI=1S/C22H27ClN2O2S/c1-4-11-24(22(27)16(3)23)14-20(26)25-12-9-19-18(10-13-28-19)21(25)17-7-5-15(2)6-8-17/h5-8,10,13,16,21H,4,9,11-12,14H2,1-3H3. The van der Waals surface area contributed by atoms with Crippen LogP contribution >= 0.6 is 22.9 Å². The Morgan fingerprint density at radius 1 is 1.29 bits per heavy atom. The highest BCUT2D eigenvalue weighted by Gasteiger charge is 2.34. The van der Waals surface area contributed by atoms with Gasteiger partial charge in [0, 0.05) is 18.0 Å². The number of hydrogen-bond acceptors (Lipinski definition) is 3. The van der Waals surface area contributed by atoms with E-state index in [1.54, 1.807) is 23.2 Å². The minimum atomic E-state index is -0.628. The first-order valence-corrected chi connectivity index (χ1v) is 11.1. The van der Waals surface area contributed by atoms with Gasteiger partial charge in [0.05, 0.1) is 12.6 Å². The van der Waals surface area contributed by atoms with Crippen LogP contribution in [0.2, 0.25) is 0 Å². The van der Waals surface area contributed by atoms with Crippen molar-refractivity contribution in [3.63, 3.8) is 0 Å². The fourth-order valence-electron chi connectivity index (χ4n) is 3.74. The van der Waals surface area contributed by atoms with Gasteiger partial charge in [-0.3, -0.25) is 9.59 Å². The zero-order valence-electron chi connectivity index (χ0n) is 16.7. The summed E-state index contributed by atoms with van der Waals surface area (Å²) >= 11 is 7.76. The van der Waals surface area contributed by atoms with E-state index in [0.29, 0.717) is 13.1 Å². The van der Waals surface area contributed by atoms with Gasteiger partial charge in [0.2, 0.25) is 11.8 Å². The Labute approximate surface area is 176 Å². The second kappa shape index (κ2) is 9.10. The van der Waals surface area contributed by atoms with Crippen LogP contribution in [0.5, 0.6) is 0 Å². The predicted octanol–water partition coefficient (Wildman–Crippen LogP) is 4.40. The smallest absolute Gasteiger partial charge is 0.242 e. The van der Waals surface area contributed by atoms with Crippen molar-refractivity contribution in [2.24, 2.45) is 0 Å². The van der Waals surface area contributed by atoms with Crippen LogP contribution in [0.4, 0.5) is 0 Å². The van der Waals surface area contributed by atoms with Crippen LogP contribution in [0.25, 0.3) is 0 Å². The molecule has 0 spiro atoms. The lowest BCUT2D eigenvalue weighted by atomic mass is 9.92. The third-order valence-corrected chi connectivity index (χ3v) is 6.33. The van der Waals surface area contributed by atoms with E-state index in [1.807, 2.05) is 11.8 Å². The fourth-order valence-corrected chi connectivity index (χ4v) is 4.78. The topological polar surface area (TPSA) is 40.6 Å². The predicted molar refractivity (Wildman–Crippen MR) is 115 cm³/mol. The number of amides is 2. The van der Waals surface area contributed by atoms with Crippen LogP contribution in [0.1, 0.15) is 47.9 Å². The molecule has 150 valence electrons. The maximum atomic E-state index is 13.3. The minimum absolute atomic E-state index is 0.0264. The van der Waals surface area contributed by atoms with Crippen LogP contribution in [0, 0.1) is 6.92 Å². The van der Waals surface area contributed by atoms with E-state index in [4.69, 9.17) is 11.6 Å². The third-order valence-electron chi connectivity index (χ3n) is 5.15. The number of fused-ring (bicyclic) bond motifs is 1. The number of rotatable bonds is 6. The van der Waals surface area contributed by atoms with Crippen LogP contribution in [-0.2, 0) is 16.0 Å². The quantitative estimate of drug-likeness (QED) is 0.652. The van der Waals surface area contributed by atoms with E-state index in [1.165, 1.54) is 16.0 Å². The van der Waals surface area contributed by atoms with Crippen LogP contribution in [0.3, 0.4) is 0 Å². The summed E-state index contributed by atoms with van der Waals surface area (Å²) in [7, 11) is 0. The lowest BCUT2D eigenvalue weighted by molar-refractivity contribution is -0.141. The number of carbonyl (C=O) groups is 2. The van der Waals surface area contributed by atoms with Gasteiger partial charge in [-0.2, -0.15) is 0 Å². The Balaban J connectivity index is 1.89. The normalized spacial score (nSPS) is 17.1. The molecule has 0 fully saturated rings. The minimum Gasteiger partial charge on any atom is -0.332 e. The highest BCUT2D eigenvalue weighted by Crippen LogP contribution is 2.38. The Morgan fingerprint density at radius 3 is 2.64 bits per heavy atom. The van der Waals surface area contributed by atoms with Gasteiger partial charge in [-0.05, 0) is 49.3 Å². The fraction of sp³-hybridized carbons (Fsp3) is 0.455. The molecule has 0 aliphatic carbocycles. The number of halogens is 1. The molecule has 1 aromatic heterocycles. The molecule has 2 heterocycles. The van der Waals surface area contributed by atoms with Crippen molar-refractivity contribution in [1.82, 2.24) is 9.80 Å². The van der Waals surface area contributed by atoms with Gasteiger partial charge in [-0.1, -0.05) is 36.8 Å². The first kappa shape index (κ1) is 20.9. The lowest BCUT2D eigenvalue weighted by Crippen LogP contribution is -2.48. The zero-order valence-corrected chi connectivity index (χ0v) is 18.2. The molecule has 2 atom stereocenters. The van der Waals surface area contributed by atoms with E-state index in [2.05, 4.69) is 42.6 Å². The molecule has 1 aliphatic heterocycles. The molecule has 2 amide bonds. The largest absolute Gasteiger partial charge is 0.332 e. The number of benzene rings is 1. The SMILES string of the molecule is CCCN(CC(=O)N1CCc2sccc2C1c1ccc(C)cc1)C(=O)C(C)Cl. The molecule has 0 saturated carbocycles. The van der Waals surface area contributed by atoms with Gasteiger partial charge in [0.25, 0.3) is 0 Å². The summed E-state index contributed by atoms with van der Waals surface area (Å²) in [5.41, 5.74) is 3.50. The molecule has 1 aromatic carbocycles. The van der Waals surface area contributed by atoms with Crippen molar-refractivity contribution in [3.05, 3.63) is 57.3 Å². The summed E-state index contributed by atoms with van der Waals surface area (Å²) in [4.78, 5) is 30.6. The van der Waals surface area contributed by atoms with Gasteiger partial charge in [0.1, 0.15) is 5.38 Å². The molecular weight excluding hydrogens is 392 g/mol. The monoisotopic (exact) mass is 418 g/mol. The molecule has 1 aliphatic rings. The van der Waals surface area contributed by atoms with Gasteiger partial charge >= 0.3 is 0 Å². The third kappa shape index (κ3) is 4.41. The van der Waals surface area contributed by atoms with Crippen LogP contribution in [0.15, 0.2) is 35.7 Å². The second-order valence-electron chi connectivity index (χ2n) is 7.33. The molecule has 0 bridgehead atoms. The molecule has 2 aromatic rings. The van der Waals surface area contributed by atoms with Gasteiger partial charge in [-0.15, -0.1) is 22.9 Å². The number of nitrogens with zero attached hydrogens (tertiary/aromatic N) is 2. The first-order chi connectivity index (χ1) is 13.4. The van der Waals surface area contributed by atoms with Crippen molar-refractivity contribution < 1.29 is 9.59 Å². The van der Waals surface area contributed by atoms with Crippen molar-refractivity contribution in [1.29, 1.82) is 0 Å². The molecule has 0 saturated heterocycles. The number of thiophene rings is 1. The molecule has 6 heteroatoms. The molecule has 28 heavy (non-hydrogen) atoms. The average molecular weight is 419 g/mol. The van der Waals surface area contributed by atoms with E-state index in [0.717, 1.165) is 18.4 Å². The highest BCUT2D eigenvalue weighted by atomic mass is 35.5. The van der Waals surface area contributed by atoms with Crippen molar-refractivity contribution in [2.75, 3.05) is 19.6 Å². The van der Waals surface area contributed by atoms with Gasteiger partial charge in [0.15, 0.2) is 0 Å². The highest BCUT2D eigenvalue weighted by molar-refractivity contribution is 7.10. The summed E-state index contributed by atoms with van der Waals surface area (Å²) in [5.74, 6) is -0.210. The first-order valence-electron chi connectivity index (χ1n) is 9.77. The van der Waals surface area contributed by atoms with E-state index >= 15 is 0 Å². The van der Waals surface area contributed by atoms with Crippen molar-refractivity contribution in [3.8, 4) is 0 Å². The van der Waals surface area contributed by atoms with Gasteiger partial charge < -0.3 is 9.80 Å². The summed E-state index contributed by atoms with van der Waals surface area (Å²) in [6, 6.07) is 10.4. The van der Waals surface area contributed by atoms with E-state index < -0.39 is 5.38 Å². The molecule has 4 nitrogen and oxygen atoms in total. The Kier molecular flexibility index (Phi) is 6.78. The second-order valence-corrected chi connectivity index (χ2v) is 8.98. The number of carbonyl (C=O) groups excluding carboxylic acids is 2. The lowest BCUT2D eigenvalue weighted by Gasteiger charge is -2.37. The van der Waals surface area contributed by atoms with E-state index in [-0.39, 0.29) is 24.4 Å². The summed E-state index contributed by atoms with van der Waals surface area (Å²) < 4.78 is 0. The molecule has 0 radical (unpaired) electrons. The van der Waals surface area contributed by atoms with Crippen LogP contribution < -0.4 is 0 Å². The van der Waals surface area contributed by atoms with Crippen LogP contribution in [-0.4, -0.2) is 46.6 Å². The Hall–Kier alpha value is -1.85. The maximum absolute atomic E-state index is 13.3. The summed E-state index contributed by atoms with van der Waals surface area (Å²) in [5, 5.41) is 1.47. The molecular formula is C22H27ClN2O2S. The number of aryl methyl sites for hydroxylation is 1. The Morgan fingerprint density at radius 2 is 2.00 bits per heavy atom. The van der Waals surface area contributed by atoms with Crippen molar-refractivity contribution in [2.45, 2.75) is 45.0 Å². The summed E-state index contributed by atoms with van der Waals surface area (Å²) in [6.07, 6.45) is 1.65. The average Bonchev–Trinajstić information content (AvgIpc) is 3.15. The Bertz CT molecular complexity index is 831. The van der Waals surface area contributed by atoms with Crippen molar-refractivity contribution >= 4 is 34.8 Å².